The van der Waals surface area contributed by atoms with Crippen molar-refractivity contribution in [3.8, 4) is 0 Å². The summed E-state index contributed by atoms with van der Waals surface area (Å²) < 4.78 is 40.2. The van der Waals surface area contributed by atoms with Gasteiger partial charge in [-0.1, -0.05) is 0 Å². The molecule has 10 heteroatoms. The summed E-state index contributed by atoms with van der Waals surface area (Å²) in [5, 5.41) is 9.75. The van der Waals surface area contributed by atoms with Crippen LogP contribution in [0.2, 0.25) is 0 Å². The summed E-state index contributed by atoms with van der Waals surface area (Å²) in [5.74, 6) is 0.497. The molecule has 1 aromatic rings. The highest BCUT2D eigenvalue weighted by atomic mass is 127. The maximum absolute atomic E-state index is 13.0. The SMILES string of the molecule is CCNC(=NCc1cn(C)nc1C(F)(F)F)NCCN(C(C)C)C(C)C.I. The summed E-state index contributed by atoms with van der Waals surface area (Å²) in [6.07, 6.45) is -3.12. The van der Waals surface area contributed by atoms with Crippen molar-refractivity contribution in [1.82, 2.24) is 25.3 Å². The lowest BCUT2D eigenvalue weighted by atomic mass is 10.2. The number of aryl methyl sites for hydroxylation is 1. The highest BCUT2D eigenvalue weighted by Crippen LogP contribution is 2.30. The Bertz CT molecular complexity index is 576. The van der Waals surface area contributed by atoms with Crippen molar-refractivity contribution in [3.05, 3.63) is 17.5 Å². The second-order valence-corrected chi connectivity index (χ2v) is 6.72. The molecule has 0 bridgehead atoms. The second-order valence-electron chi connectivity index (χ2n) is 6.72. The molecule has 0 aliphatic rings. The van der Waals surface area contributed by atoms with E-state index >= 15 is 0 Å². The van der Waals surface area contributed by atoms with Crippen molar-refractivity contribution in [1.29, 1.82) is 0 Å². The van der Waals surface area contributed by atoms with E-state index in [1.165, 1.54) is 13.2 Å². The van der Waals surface area contributed by atoms with Crippen LogP contribution < -0.4 is 10.6 Å². The van der Waals surface area contributed by atoms with Gasteiger partial charge >= 0.3 is 6.18 Å². The van der Waals surface area contributed by atoms with Gasteiger partial charge in [0.1, 0.15) is 0 Å². The van der Waals surface area contributed by atoms with Gasteiger partial charge in [0.15, 0.2) is 11.7 Å². The Morgan fingerprint density at radius 1 is 1.22 bits per heavy atom. The molecule has 0 fully saturated rings. The number of halogens is 4. The van der Waals surface area contributed by atoms with Gasteiger partial charge in [-0.3, -0.25) is 9.58 Å². The summed E-state index contributed by atoms with van der Waals surface area (Å²) in [7, 11) is 1.47. The molecule has 1 rings (SSSR count). The number of hydrogen-bond donors (Lipinski definition) is 2. The molecule has 1 aromatic heterocycles. The molecule has 158 valence electrons. The van der Waals surface area contributed by atoms with Gasteiger partial charge in [-0.05, 0) is 34.6 Å². The van der Waals surface area contributed by atoms with Crippen molar-refractivity contribution in [3.63, 3.8) is 0 Å². The Morgan fingerprint density at radius 2 is 1.81 bits per heavy atom. The summed E-state index contributed by atoms with van der Waals surface area (Å²) in [6.45, 7) is 12.5. The van der Waals surface area contributed by atoms with E-state index in [-0.39, 0.29) is 36.1 Å². The summed E-state index contributed by atoms with van der Waals surface area (Å²) in [5.41, 5.74) is -0.825. The molecule has 0 aliphatic carbocycles. The molecular formula is C17H32F3IN6. The summed E-state index contributed by atoms with van der Waals surface area (Å²) >= 11 is 0. The monoisotopic (exact) mass is 504 g/mol. The van der Waals surface area contributed by atoms with Gasteiger partial charge in [0.05, 0.1) is 6.54 Å². The molecule has 0 amide bonds. The molecule has 0 radical (unpaired) electrons. The van der Waals surface area contributed by atoms with Gasteiger partial charge in [0, 0.05) is 50.5 Å². The number of hydrogen-bond acceptors (Lipinski definition) is 3. The van der Waals surface area contributed by atoms with Crippen molar-refractivity contribution < 1.29 is 13.2 Å². The number of nitrogens with zero attached hydrogens (tertiary/aromatic N) is 4. The molecular weight excluding hydrogens is 472 g/mol. The first kappa shape index (κ1) is 26.0. The molecule has 0 aromatic carbocycles. The topological polar surface area (TPSA) is 57.5 Å². The maximum atomic E-state index is 13.0. The van der Waals surface area contributed by atoms with E-state index in [1.807, 2.05) is 6.92 Å². The van der Waals surface area contributed by atoms with Crippen LogP contribution in [0.25, 0.3) is 0 Å². The minimum Gasteiger partial charge on any atom is -0.357 e. The molecule has 0 saturated heterocycles. The van der Waals surface area contributed by atoms with Gasteiger partial charge in [-0.2, -0.15) is 18.3 Å². The minimum atomic E-state index is -4.48. The highest BCUT2D eigenvalue weighted by Gasteiger charge is 2.36. The Balaban J connectivity index is 0.00000676. The molecule has 6 nitrogen and oxygen atoms in total. The lowest BCUT2D eigenvalue weighted by Crippen LogP contribution is -2.45. The van der Waals surface area contributed by atoms with E-state index in [2.05, 4.69) is 53.3 Å². The quantitative estimate of drug-likeness (QED) is 0.325. The van der Waals surface area contributed by atoms with Gasteiger partial charge in [0.25, 0.3) is 0 Å². The minimum absolute atomic E-state index is 0. The first-order chi connectivity index (χ1) is 12.1. The molecule has 0 spiro atoms. The number of aromatic nitrogens is 2. The van der Waals surface area contributed by atoms with Crippen LogP contribution in [-0.4, -0.2) is 52.4 Å². The van der Waals surface area contributed by atoms with Gasteiger partial charge in [0.2, 0.25) is 0 Å². The first-order valence-corrected chi connectivity index (χ1v) is 8.93. The molecule has 0 aliphatic heterocycles. The highest BCUT2D eigenvalue weighted by molar-refractivity contribution is 14.0. The summed E-state index contributed by atoms with van der Waals surface area (Å²) in [4.78, 5) is 6.61. The molecule has 0 atom stereocenters. The van der Waals surface area contributed by atoms with E-state index in [0.29, 0.717) is 31.1 Å². The fourth-order valence-electron chi connectivity index (χ4n) is 2.81. The summed E-state index contributed by atoms with van der Waals surface area (Å²) in [6, 6.07) is 0.835. The predicted molar refractivity (Wildman–Crippen MR) is 113 cm³/mol. The van der Waals surface area contributed by atoms with Crippen LogP contribution in [-0.2, 0) is 19.8 Å². The Labute approximate surface area is 177 Å². The molecule has 27 heavy (non-hydrogen) atoms. The van der Waals surface area contributed by atoms with Crippen molar-refractivity contribution in [2.45, 2.75) is 59.4 Å². The molecule has 0 saturated carbocycles. The first-order valence-electron chi connectivity index (χ1n) is 8.93. The van der Waals surface area contributed by atoms with E-state index in [9.17, 15) is 13.2 Å². The lowest BCUT2D eigenvalue weighted by Gasteiger charge is -2.30. The van der Waals surface area contributed by atoms with E-state index < -0.39 is 11.9 Å². The second kappa shape index (κ2) is 11.7. The van der Waals surface area contributed by atoms with Crippen LogP contribution in [0.1, 0.15) is 45.9 Å². The van der Waals surface area contributed by atoms with E-state index in [0.717, 1.165) is 11.2 Å². The van der Waals surface area contributed by atoms with Crippen LogP contribution in [0.3, 0.4) is 0 Å². The van der Waals surface area contributed by atoms with Crippen LogP contribution in [0.15, 0.2) is 11.2 Å². The van der Waals surface area contributed by atoms with E-state index in [4.69, 9.17) is 0 Å². The number of rotatable bonds is 8. The fraction of sp³-hybridized carbons (Fsp3) is 0.765. The van der Waals surface area contributed by atoms with Crippen LogP contribution >= 0.6 is 24.0 Å². The van der Waals surface area contributed by atoms with Gasteiger partial charge in [-0.15, -0.1) is 24.0 Å². The molecule has 2 N–H and O–H groups in total. The van der Waals surface area contributed by atoms with Crippen LogP contribution in [0.4, 0.5) is 13.2 Å². The molecule has 0 unspecified atom stereocenters. The van der Waals surface area contributed by atoms with Crippen molar-refractivity contribution >= 4 is 29.9 Å². The average molecular weight is 504 g/mol. The number of nitrogens with one attached hydrogen (secondary N) is 2. The Morgan fingerprint density at radius 3 is 2.30 bits per heavy atom. The standard InChI is InChI=1S/C17H31F3N6.HI/c1-7-21-16(22-8-9-26(12(2)3)13(4)5)23-10-14-11-25(6)24-15(14)17(18,19)20;/h11-13H,7-10H2,1-6H3,(H2,21,22,23);1H. The Hall–Kier alpha value is -1.04. The largest absolute Gasteiger partial charge is 0.435 e. The van der Waals surface area contributed by atoms with Crippen LogP contribution in [0, 0.1) is 0 Å². The number of alkyl halides is 3. The van der Waals surface area contributed by atoms with Crippen molar-refractivity contribution in [2.24, 2.45) is 12.0 Å². The smallest absolute Gasteiger partial charge is 0.357 e. The maximum Gasteiger partial charge on any atom is 0.435 e. The Kier molecular flexibility index (Phi) is 11.3. The third kappa shape index (κ3) is 8.67. The zero-order valence-corrected chi connectivity index (χ0v) is 19.2. The molecule has 1 heterocycles. The van der Waals surface area contributed by atoms with Crippen molar-refractivity contribution in [2.75, 3.05) is 19.6 Å². The third-order valence-electron chi connectivity index (χ3n) is 3.91. The van der Waals surface area contributed by atoms with Gasteiger partial charge in [-0.25, -0.2) is 4.99 Å². The third-order valence-corrected chi connectivity index (χ3v) is 3.91. The number of aliphatic imine (C=N–C) groups is 1. The number of guanidine groups is 1. The fourth-order valence-corrected chi connectivity index (χ4v) is 2.81. The predicted octanol–water partition coefficient (Wildman–Crippen LogP) is 3.23. The van der Waals surface area contributed by atoms with E-state index in [1.54, 1.807) is 0 Å². The zero-order valence-electron chi connectivity index (χ0n) is 16.9. The van der Waals surface area contributed by atoms with Gasteiger partial charge < -0.3 is 10.6 Å². The zero-order chi connectivity index (χ0) is 19.9. The lowest BCUT2D eigenvalue weighted by molar-refractivity contribution is -0.142. The van der Waals surface area contributed by atoms with Crippen LogP contribution in [0.5, 0.6) is 0 Å². The normalized spacial score (nSPS) is 12.7. The average Bonchev–Trinajstić information content (AvgIpc) is 2.89.